The van der Waals surface area contributed by atoms with Crippen LogP contribution in [-0.4, -0.2) is 47.6 Å². The number of anilines is 1. The molecule has 0 spiro atoms. The SMILES string of the molecule is Clc1cccc(NCCN2CCSCC2)n1. The molecular weight excluding hydrogens is 242 g/mol. The van der Waals surface area contributed by atoms with Crippen LogP contribution in [0.25, 0.3) is 0 Å². The van der Waals surface area contributed by atoms with Gasteiger partial charge in [0.05, 0.1) is 0 Å². The fourth-order valence-electron chi connectivity index (χ4n) is 1.67. The summed E-state index contributed by atoms with van der Waals surface area (Å²) in [7, 11) is 0. The average Bonchev–Trinajstić information content (AvgIpc) is 2.30. The maximum atomic E-state index is 5.81. The van der Waals surface area contributed by atoms with E-state index in [9.17, 15) is 0 Å². The van der Waals surface area contributed by atoms with Crippen LogP contribution in [-0.2, 0) is 0 Å². The molecule has 2 rings (SSSR count). The lowest BCUT2D eigenvalue weighted by molar-refractivity contribution is 0.314. The zero-order valence-corrected chi connectivity index (χ0v) is 10.7. The summed E-state index contributed by atoms with van der Waals surface area (Å²) in [6.07, 6.45) is 0. The third kappa shape index (κ3) is 3.85. The van der Waals surface area contributed by atoms with Crippen LogP contribution in [0.5, 0.6) is 0 Å². The van der Waals surface area contributed by atoms with Gasteiger partial charge in [0.15, 0.2) is 0 Å². The van der Waals surface area contributed by atoms with Gasteiger partial charge in [0, 0.05) is 37.7 Å². The van der Waals surface area contributed by atoms with Gasteiger partial charge in [-0.15, -0.1) is 0 Å². The van der Waals surface area contributed by atoms with Crippen LogP contribution in [0.15, 0.2) is 18.2 Å². The highest BCUT2D eigenvalue weighted by Crippen LogP contribution is 2.10. The van der Waals surface area contributed by atoms with Crippen molar-refractivity contribution in [3.05, 3.63) is 23.4 Å². The average molecular weight is 258 g/mol. The predicted octanol–water partition coefficient (Wildman–Crippen LogP) is 2.20. The Morgan fingerprint density at radius 3 is 2.94 bits per heavy atom. The maximum absolute atomic E-state index is 5.81. The molecule has 2 heterocycles. The van der Waals surface area contributed by atoms with E-state index in [1.807, 2.05) is 23.9 Å². The van der Waals surface area contributed by atoms with Crippen molar-refractivity contribution >= 4 is 29.2 Å². The van der Waals surface area contributed by atoms with Gasteiger partial charge in [-0.3, -0.25) is 4.90 Å². The summed E-state index contributed by atoms with van der Waals surface area (Å²) >= 11 is 7.85. The maximum Gasteiger partial charge on any atom is 0.131 e. The van der Waals surface area contributed by atoms with Crippen LogP contribution < -0.4 is 5.32 Å². The van der Waals surface area contributed by atoms with Crippen molar-refractivity contribution in [3.8, 4) is 0 Å². The quantitative estimate of drug-likeness (QED) is 0.837. The molecule has 1 aliphatic heterocycles. The van der Waals surface area contributed by atoms with E-state index in [4.69, 9.17) is 11.6 Å². The van der Waals surface area contributed by atoms with Gasteiger partial charge >= 0.3 is 0 Å². The van der Waals surface area contributed by atoms with E-state index in [0.717, 1.165) is 18.9 Å². The van der Waals surface area contributed by atoms with E-state index in [0.29, 0.717) is 5.15 Å². The number of pyridine rings is 1. The van der Waals surface area contributed by atoms with E-state index in [2.05, 4.69) is 15.2 Å². The zero-order chi connectivity index (χ0) is 11.2. The Bertz CT molecular complexity index is 329. The first-order valence-corrected chi connectivity index (χ1v) is 7.04. The molecule has 0 bridgehead atoms. The van der Waals surface area contributed by atoms with E-state index < -0.39 is 0 Å². The van der Waals surface area contributed by atoms with Gasteiger partial charge in [-0.2, -0.15) is 11.8 Å². The molecule has 0 atom stereocenters. The van der Waals surface area contributed by atoms with Crippen molar-refractivity contribution in [2.45, 2.75) is 0 Å². The first kappa shape index (κ1) is 12.0. The molecule has 0 radical (unpaired) electrons. The van der Waals surface area contributed by atoms with Crippen molar-refractivity contribution < 1.29 is 0 Å². The molecule has 0 amide bonds. The molecule has 0 saturated carbocycles. The molecule has 1 N–H and O–H groups in total. The van der Waals surface area contributed by atoms with Crippen LogP contribution >= 0.6 is 23.4 Å². The topological polar surface area (TPSA) is 28.2 Å². The van der Waals surface area contributed by atoms with Gasteiger partial charge in [0.25, 0.3) is 0 Å². The smallest absolute Gasteiger partial charge is 0.131 e. The monoisotopic (exact) mass is 257 g/mol. The standard InChI is InChI=1S/C11H16ClN3S/c12-10-2-1-3-11(14-10)13-4-5-15-6-8-16-9-7-15/h1-3H,4-9H2,(H,13,14). The van der Waals surface area contributed by atoms with Crippen molar-refractivity contribution in [1.82, 2.24) is 9.88 Å². The number of halogens is 1. The second-order valence-electron chi connectivity index (χ2n) is 3.73. The minimum Gasteiger partial charge on any atom is -0.369 e. The number of nitrogens with one attached hydrogen (secondary N) is 1. The highest BCUT2D eigenvalue weighted by atomic mass is 35.5. The Balaban J connectivity index is 1.71. The molecule has 0 aromatic carbocycles. The van der Waals surface area contributed by atoms with Crippen LogP contribution in [0.2, 0.25) is 5.15 Å². The lowest BCUT2D eigenvalue weighted by Gasteiger charge is -2.26. The Morgan fingerprint density at radius 2 is 2.19 bits per heavy atom. The molecule has 88 valence electrons. The third-order valence-electron chi connectivity index (χ3n) is 2.55. The van der Waals surface area contributed by atoms with Gasteiger partial charge in [0.1, 0.15) is 11.0 Å². The highest BCUT2D eigenvalue weighted by Gasteiger charge is 2.09. The minimum atomic E-state index is 0.541. The van der Waals surface area contributed by atoms with Crippen molar-refractivity contribution in [3.63, 3.8) is 0 Å². The van der Waals surface area contributed by atoms with Gasteiger partial charge in [-0.25, -0.2) is 4.98 Å². The van der Waals surface area contributed by atoms with E-state index in [1.54, 1.807) is 6.07 Å². The molecule has 16 heavy (non-hydrogen) atoms. The third-order valence-corrected chi connectivity index (χ3v) is 3.71. The second kappa shape index (κ2) is 6.33. The molecule has 0 unspecified atom stereocenters. The Kier molecular flexibility index (Phi) is 4.75. The number of rotatable bonds is 4. The first-order chi connectivity index (χ1) is 7.84. The van der Waals surface area contributed by atoms with Crippen LogP contribution in [0, 0.1) is 0 Å². The van der Waals surface area contributed by atoms with Crippen molar-refractivity contribution in [1.29, 1.82) is 0 Å². The molecule has 3 nitrogen and oxygen atoms in total. The molecule has 1 saturated heterocycles. The molecular formula is C11H16ClN3S. The molecule has 0 aliphatic carbocycles. The van der Waals surface area contributed by atoms with Crippen molar-refractivity contribution in [2.75, 3.05) is 43.0 Å². The summed E-state index contributed by atoms with van der Waals surface area (Å²) in [4.78, 5) is 6.67. The van der Waals surface area contributed by atoms with Crippen LogP contribution in [0.4, 0.5) is 5.82 Å². The molecule has 5 heteroatoms. The highest BCUT2D eigenvalue weighted by molar-refractivity contribution is 7.99. The zero-order valence-electron chi connectivity index (χ0n) is 9.16. The summed E-state index contributed by atoms with van der Waals surface area (Å²) in [6.45, 7) is 4.41. The molecule has 1 aliphatic rings. The molecule has 1 fully saturated rings. The number of nitrogens with zero attached hydrogens (tertiary/aromatic N) is 2. The molecule has 1 aromatic rings. The summed E-state index contributed by atoms with van der Waals surface area (Å²) < 4.78 is 0. The second-order valence-corrected chi connectivity index (χ2v) is 5.34. The Hall–Kier alpha value is -0.450. The fourth-order valence-corrected chi connectivity index (χ4v) is 2.82. The van der Waals surface area contributed by atoms with Gasteiger partial charge < -0.3 is 5.32 Å². The van der Waals surface area contributed by atoms with Gasteiger partial charge in [-0.05, 0) is 12.1 Å². The number of aromatic nitrogens is 1. The Morgan fingerprint density at radius 1 is 1.38 bits per heavy atom. The minimum absolute atomic E-state index is 0.541. The fraction of sp³-hybridized carbons (Fsp3) is 0.545. The summed E-state index contributed by atoms with van der Waals surface area (Å²) in [5.74, 6) is 3.38. The number of thioether (sulfide) groups is 1. The van der Waals surface area contributed by atoms with Crippen LogP contribution in [0.3, 0.4) is 0 Å². The normalized spacial score (nSPS) is 17.3. The largest absolute Gasteiger partial charge is 0.369 e. The predicted molar refractivity (Wildman–Crippen MR) is 71.5 cm³/mol. The lowest BCUT2D eigenvalue weighted by atomic mass is 10.4. The number of hydrogen-bond donors (Lipinski definition) is 1. The number of hydrogen-bond acceptors (Lipinski definition) is 4. The van der Waals surface area contributed by atoms with Crippen LogP contribution in [0.1, 0.15) is 0 Å². The summed E-state index contributed by atoms with van der Waals surface area (Å²) in [5, 5.41) is 3.83. The molecule has 1 aromatic heterocycles. The first-order valence-electron chi connectivity index (χ1n) is 5.51. The lowest BCUT2D eigenvalue weighted by Crippen LogP contribution is -2.36. The van der Waals surface area contributed by atoms with E-state index >= 15 is 0 Å². The van der Waals surface area contributed by atoms with E-state index in [1.165, 1.54) is 24.6 Å². The van der Waals surface area contributed by atoms with Gasteiger partial charge in [-0.1, -0.05) is 17.7 Å². The van der Waals surface area contributed by atoms with E-state index in [-0.39, 0.29) is 0 Å². The van der Waals surface area contributed by atoms with Crippen molar-refractivity contribution in [2.24, 2.45) is 0 Å². The van der Waals surface area contributed by atoms with Gasteiger partial charge in [0.2, 0.25) is 0 Å². The summed E-state index contributed by atoms with van der Waals surface area (Å²) in [6, 6.07) is 5.64. The Labute approximate surface area is 106 Å². The summed E-state index contributed by atoms with van der Waals surface area (Å²) in [5.41, 5.74) is 0.